The molecule has 7 heteroatoms. The number of hydrogen-bond acceptors (Lipinski definition) is 5. The first-order valence-electron chi connectivity index (χ1n) is 6.08. The van der Waals surface area contributed by atoms with E-state index in [1.165, 1.54) is 0 Å². The Morgan fingerprint density at radius 3 is 2.67 bits per heavy atom. The molecule has 1 aromatic heterocycles. The summed E-state index contributed by atoms with van der Waals surface area (Å²) in [6.07, 6.45) is 1.86. The molecule has 0 bridgehead atoms. The summed E-state index contributed by atoms with van der Waals surface area (Å²) in [4.78, 5) is 4.01. The Balaban J connectivity index is 2.40. The summed E-state index contributed by atoms with van der Waals surface area (Å²) in [5.41, 5.74) is 6.10. The molecule has 1 aliphatic heterocycles. The van der Waals surface area contributed by atoms with Crippen LogP contribution in [-0.2, 0) is 10.0 Å². The largest absolute Gasteiger partial charge is 0.375 e. The van der Waals surface area contributed by atoms with Crippen molar-refractivity contribution in [3.63, 3.8) is 0 Å². The Hall–Kier alpha value is -0.660. The minimum Gasteiger partial charge on any atom is -0.375 e. The molecule has 1 saturated heterocycles. The van der Waals surface area contributed by atoms with E-state index in [1.807, 2.05) is 0 Å². The predicted octanol–water partition coefficient (Wildman–Crippen LogP) is 1.84. The van der Waals surface area contributed by atoms with Crippen molar-refractivity contribution in [3.8, 4) is 0 Å². The van der Waals surface area contributed by atoms with Gasteiger partial charge in [-0.2, -0.15) is 4.31 Å². The molecule has 1 atom stereocenters. The fraction of sp³-hybridized carbons (Fsp3) is 0.727. The van der Waals surface area contributed by atoms with E-state index in [1.54, 1.807) is 11.2 Å². The van der Waals surface area contributed by atoms with E-state index < -0.39 is 10.0 Å². The summed E-state index contributed by atoms with van der Waals surface area (Å²) in [7, 11) is -3.43. The maximum atomic E-state index is 12.6. The van der Waals surface area contributed by atoms with Gasteiger partial charge < -0.3 is 5.73 Å². The number of thiazole rings is 1. The monoisotopic (exact) mass is 289 g/mol. The summed E-state index contributed by atoms with van der Waals surface area (Å²) in [5, 5.41) is 0.311. The van der Waals surface area contributed by atoms with Gasteiger partial charge in [0, 0.05) is 12.6 Å². The third kappa shape index (κ3) is 2.26. The number of anilines is 1. The number of rotatable bonds is 3. The number of nitrogens with zero attached hydrogens (tertiary/aromatic N) is 2. The number of aryl methyl sites for hydroxylation is 1. The molecule has 1 aliphatic rings. The van der Waals surface area contributed by atoms with E-state index in [2.05, 4.69) is 18.8 Å². The maximum absolute atomic E-state index is 12.6. The van der Waals surface area contributed by atoms with E-state index >= 15 is 0 Å². The zero-order chi connectivity index (χ0) is 13.5. The second kappa shape index (κ2) is 4.79. The minimum absolute atomic E-state index is 0.0951. The smallest absolute Gasteiger partial charge is 0.254 e. The fourth-order valence-electron chi connectivity index (χ4n) is 2.48. The van der Waals surface area contributed by atoms with Gasteiger partial charge in [0.05, 0.1) is 5.69 Å². The molecule has 0 radical (unpaired) electrons. The maximum Gasteiger partial charge on any atom is 0.254 e. The lowest BCUT2D eigenvalue weighted by atomic mass is 10.0. The SMILES string of the molecule is Cc1nc(N)sc1S(=O)(=O)N1CCCC1C(C)C. The molecule has 0 amide bonds. The Kier molecular flexibility index (Phi) is 3.66. The zero-order valence-corrected chi connectivity index (χ0v) is 12.5. The lowest BCUT2D eigenvalue weighted by Crippen LogP contribution is -2.38. The molecule has 2 rings (SSSR count). The number of nitrogens with two attached hydrogens (primary N) is 1. The van der Waals surface area contributed by atoms with Crippen LogP contribution in [0.25, 0.3) is 0 Å². The van der Waals surface area contributed by atoms with Crippen molar-refractivity contribution in [1.29, 1.82) is 0 Å². The van der Waals surface area contributed by atoms with Crippen LogP contribution >= 0.6 is 11.3 Å². The molecule has 5 nitrogen and oxygen atoms in total. The molecule has 1 fully saturated rings. The van der Waals surface area contributed by atoms with Crippen LogP contribution < -0.4 is 5.73 Å². The highest BCUT2D eigenvalue weighted by molar-refractivity contribution is 7.91. The van der Waals surface area contributed by atoms with Gasteiger partial charge in [0.15, 0.2) is 9.34 Å². The van der Waals surface area contributed by atoms with Crippen LogP contribution in [0.5, 0.6) is 0 Å². The number of hydrogen-bond donors (Lipinski definition) is 1. The second-order valence-electron chi connectivity index (χ2n) is 4.99. The van der Waals surface area contributed by atoms with Crippen LogP contribution in [0.1, 0.15) is 32.4 Å². The van der Waals surface area contributed by atoms with Crippen molar-refractivity contribution in [1.82, 2.24) is 9.29 Å². The van der Waals surface area contributed by atoms with Gasteiger partial charge in [0.2, 0.25) is 0 Å². The zero-order valence-electron chi connectivity index (χ0n) is 10.9. The van der Waals surface area contributed by atoms with Crippen molar-refractivity contribution in [2.24, 2.45) is 5.92 Å². The topological polar surface area (TPSA) is 76.3 Å². The Bertz CT molecular complexity index is 536. The minimum atomic E-state index is -3.43. The van der Waals surface area contributed by atoms with Gasteiger partial charge in [-0.3, -0.25) is 0 Å². The highest BCUT2D eigenvalue weighted by Crippen LogP contribution is 2.34. The third-order valence-electron chi connectivity index (χ3n) is 3.33. The highest BCUT2D eigenvalue weighted by Gasteiger charge is 2.38. The van der Waals surface area contributed by atoms with Crippen LogP contribution in [-0.4, -0.2) is 30.3 Å². The number of sulfonamides is 1. The quantitative estimate of drug-likeness (QED) is 0.921. The average molecular weight is 289 g/mol. The molecular weight excluding hydrogens is 270 g/mol. The number of aromatic nitrogens is 1. The Labute approximate surface area is 112 Å². The van der Waals surface area contributed by atoms with Crippen molar-refractivity contribution >= 4 is 26.5 Å². The van der Waals surface area contributed by atoms with Gasteiger partial charge in [0.25, 0.3) is 10.0 Å². The molecule has 102 valence electrons. The lowest BCUT2D eigenvalue weighted by molar-refractivity contribution is 0.316. The van der Waals surface area contributed by atoms with Crippen molar-refractivity contribution in [3.05, 3.63) is 5.69 Å². The first kappa shape index (κ1) is 13.8. The van der Waals surface area contributed by atoms with Crippen molar-refractivity contribution in [2.75, 3.05) is 12.3 Å². The predicted molar refractivity (Wildman–Crippen MR) is 73.0 cm³/mol. The molecule has 2 N–H and O–H groups in total. The molecule has 0 saturated carbocycles. The summed E-state index contributed by atoms with van der Waals surface area (Å²) < 4.78 is 27.2. The summed E-state index contributed by atoms with van der Waals surface area (Å²) in [6, 6.07) is 0.0951. The molecule has 1 unspecified atom stereocenters. The summed E-state index contributed by atoms with van der Waals surface area (Å²) >= 11 is 1.06. The van der Waals surface area contributed by atoms with Gasteiger partial charge in [-0.1, -0.05) is 25.2 Å². The summed E-state index contributed by atoms with van der Waals surface area (Å²) in [6.45, 7) is 6.42. The van der Waals surface area contributed by atoms with Gasteiger partial charge in [-0.25, -0.2) is 13.4 Å². The highest BCUT2D eigenvalue weighted by atomic mass is 32.2. The van der Waals surface area contributed by atoms with E-state index in [4.69, 9.17) is 5.73 Å². The molecular formula is C11H19N3O2S2. The normalized spacial score (nSPS) is 21.9. The first-order valence-corrected chi connectivity index (χ1v) is 8.34. The van der Waals surface area contributed by atoms with E-state index in [0.29, 0.717) is 27.5 Å². The average Bonchev–Trinajstić information content (AvgIpc) is 2.84. The number of nitrogen functional groups attached to an aromatic ring is 1. The van der Waals surface area contributed by atoms with Crippen LogP contribution in [0.3, 0.4) is 0 Å². The van der Waals surface area contributed by atoms with E-state index in [0.717, 1.165) is 24.2 Å². The standard InChI is InChI=1S/C11H19N3O2S2/c1-7(2)9-5-4-6-14(9)18(15,16)10-8(3)13-11(12)17-10/h7,9H,4-6H2,1-3H3,(H2,12,13). The van der Waals surface area contributed by atoms with Gasteiger partial charge in [0.1, 0.15) is 0 Å². The third-order valence-corrected chi connectivity index (χ3v) is 6.83. The Morgan fingerprint density at radius 1 is 1.50 bits per heavy atom. The Morgan fingerprint density at radius 2 is 2.17 bits per heavy atom. The van der Waals surface area contributed by atoms with Gasteiger partial charge >= 0.3 is 0 Å². The van der Waals surface area contributed by atoms with Crippen molar-refractivity contribution < 1.29 is 8.42 Å². The molecule has 0 aliphatic carbocycles. The van der Waals surface area contributed by atoms with E-state index in [9.17, 15) is 8.42 Å². The van der Waals surface area contributed by atoms with Gasteiger partial charge in [-0.15, -0.1) is 0 Å². The fourth-order valence-corrected chi connectivity index (χ4v) is 5.72. The lowest BCUT2D eigenvalue weighted by Gasteiger charge is -2.26. The molecule has 1 aromatic rings. The summed E-state index contributed by atoms with van der Waals surface area (Å²) in [5.74, 6) is 0.327. The van der Waals surface area contributed by atoms with Crippen LogP contribution in [0.4, 0.5) is 5.13 Å². The van der Waals surface area contributed by atoms with Crippen LogP contribution in [0.15, 0.2) is 4.21 Å². The first-order chi connectivity index (χ1) is 8.34. The van der Waals surface area contributed by atoms with E-state index in [-0.39, 0.29) is 6.04 Å². The van der Waals surface area contributed by atoms with Crippen molar-refractivity contribution in [2.45, 2.75) is 43.9 Å². The van der Waals surface area contributed by atoms with Crippen LogP contribution in [0, 0.1) is 12.8 Å². The second-order valence-corrected chi connectivity index (χ2v) is 8.11. The molecule has 0 spiro atoms. The molecule has 2 heterocycles. The van der Waals surface area contributed by atoms with Gasteiger partial charge in [-0.05, 0) is 25.7 Å². The molecule has 18 heavy (non-hydrogen) atoms. The molecule has 0 aromatic carbocycles. The van der Waals surface area contributed by atoms with Crippen LogP contribution in [0.2, 0.25) is 0 Å².